The van der Waals surface area contributed by atoms with E-state index in [1.807, 2.05) is 43.0 Å². The van der Waals surface area contributed by atoms with Gasteiger partial charge in [0, 0.05) is 36.5 Å². The average Bonchev–Trinajstić information content (AvgIpc) is 3.44. The molecule has 136 valence electrons. The van der Waals surface area contributed by atoms with Gasteiger partial charge in [0.25, 0.3) is 5.91 Å². The molecule has 25 heavy (non-hydrogen) atoms. The highest BCUT2D eigenvalue weighted by molar-refractivity contribution is 5.94. The number of ether oxygens (including phenoxy) is 1. The molecule has 1 aromatic rings. The molecule has 1 aliphatic carbocycles. The number of hydrogen-bond acceptors (Lipinski definition) is 3. The van der Waals surface area contributed by atoms with E-state index >= 15 is 0 Å². The summed E-state index contributed by atoms with van der Waals surface area (Å²) in [7, 11) is 0. The Hall–Kier alpha value is -2.04. The summed E-state index contributed by atoms with van der Waals surface area (Å²) in [4.78, 5) is 26.1. The summed E-state index contributed by atoms with van der Waals surface area (Å²) < 4.78 is 5.89. The van der Waals surface area contributed by atoms with Crippen LogP contribution in [0.1, 0.15) is 49.9 Å². The molecule has 1 heterocycles. The maximum absolute atomic E-state index is 12.1. The summed E-state index contributed by atoms with van der Waals surface area (Å²) in [5.41, 5.74) is 0.672. The topological polar surface area (TPSA) is 58.6 Å². The molecule has 0 aromatic heterocycles. The van der Waals surface area contributed by atoms with E-state index in [1.165, 1.54) is 0 Å². The van der Waals surface area contributed by atoms with Gasteiger partial charge in [-0.2, -0.15) is 0 Å². The highest BCUT2D eigenvalue weighted by Gasteiger charge is 2.26. The summed E-state index contributed by atoms with van der Waals surface area (Å²) >= 11 is 0. The Labute approximate surface area is 149 Å². The molecular formula is C20H28N2O3. The second kappa shape index (κ2) is 7.89. The second-order valence-corrected chi connectivity index (χ2v) is 7.53. The van der Waals surface area contributed by atoms with Gasteiger partial charge in [0.2, 0.25) is 5.91 Å². The minimum Gasteiger partial charge on any atom is -0.493 e. The number of likely N-dealkylation sites (tertiary alicyclic amines) is 1. The molecule has 0 spiro atoms. The number of amides is 2. The Morgan fingerprint density at radius 1 is 1.20 bits per heavy atom. The molecule has 1 aromatic carbocycles. The summed E-state index contributed by atoms with van der Waals surface area (Å²) in [6.45, 7) is 6.14. The van der Waals surface area contributed by atoms with Crippen molar-refractivity contribution in [2.45, 2.75) is 45.6 Å². The smallest absolute Gasteiger partial charge is 0.251 e. The first-order valence-electron chi connectivity index (χ1n) is 9.35. The minimum atomic E-state index is -0.0100. The molecule has 1 N–H and O–H groups in total. The zero-order valence-corrected chi connectivity index (χ0v) is 15.2. The van der Waals surface area contributed by atoms with E-state index in [-0.39, 0.29) is 17.7 Å². The number of benzene rings is 1. The van der Waals surface area contributed by atoms with E-state index < -0.39 is 0 Å². The van der Waals surface area contributed by atoms with Crippen LogP contribution in [0.3, 0.4) is 0 Å². The van der Waals surface area contributed by atoms with Crippen LogP contribution in [0.2, 0.25) is 0 Å². The van der Waals surface area contributed by atoms with Crippen molar-refractivity contribution in [1.29, 1.82) is 0 Å². The highest BCUT2D eigenvalue weighted by atomic mass is 16.5. The van der Waals surface area contributed by atoms with Crippen molar-refractivity contribution in [3.05, 3.63) is 29.8 Å². The number of hydrogen-bond donors (Lipinski definition) is 1. The fourth-order valence-corrected chi connectivity index (χ4v) is 3.18. The van der Waals surface area contributed by atoms with Crippen molar-refractivity contribution < 1.29 is 14.3 Å². The predicted octanol–water partition coefficient (Wildman–Crippen LogP) is 2.85. The van der Waals surface area contributed by atoms with E-state index in [1.54, 1.807) is 0 Å². The maximum Gasteiger partial charge on any atom is 0.251 e. The van der Waals surface area contributed by atoms with E-state index in [9.17, 15) is 9.59 Å². The molecular weight excluding hydrogens is 316 g/mol. The lowest BCUT2D eigenvalue weighted by atomic mass is 9.98. The number of carbonyl (C=O) groups excluding carboxylic acids is 2. The lowest BCUT2D eigenvalue weighted by molar-refractivity contribution is -0.136. The maximum atomic E-state index is 12.1. The van der Waals surface area contributed by atoms with Crippen molar-refractivity contribution in [2.75, 3.05) is 19.7 Å². The zero-order valence-electron chi connectivity index (χ0n) is 15.2. The van der Waals surface area contributed by atoms with Crippen LogP contribution in [0.5, 0.6) is 5.75 Å². The zero-order chi connectivity index (χ0) is 17.8. The van der Waals surface area contributed by atoms with Gasteiger partial charge < -0.3 is 15.0 Å². The van der Waals surface area contributed by atoms with Crippen LogP contribution < -0.4 is 10.1 Å². The SMILES string of the molecule is CC(C)C(=O)N1CCC[C@@H](COc2ccc(C(=O)NC3CC3)cc2)C1. The summed E-state index contributed by atoms with van der Waals surface area (Å²) in [5, 5.41) is 2.98. The number of rotatable bonds is 6. The Bertz CT molecular complexity index is 608. The van der Waals surface area contributed by atoms with Gasteiger partial charge in [-0.05, 0) is 49.9 Å². The fraction of sp³-hybridized carbons (Fsp3) is 0.600. The van der Waals surface area contributed by atoms with Gasteiger partial charge in [-0.1, -0.05) is 13.8 Å². The third-order valence-electron chi connectivity index (χ3n) is 4.84. The molecule has 0 unspecified atom stereocenters. The molecule has 0 radical (unpaired) electrons. The largest absolute Gasteiger partial charge is 0.493 e. The van der Waals surface area contributed by atoms with E-state index in [2.05, 4.69) is 5.32 Å². The van der Waals surface area contributed by atoms with Crippen molar-refractivity contribution in [3.63, 3.8) is 0 Å². The van der Waals surface area contributed by atoms with Crippen molar-refractivity contribution in [1.82, 2.24) is 10.2 Å². The molecule has 2 fully saturated rings. The Kier molecular flexibility index (Phi) is 5.61. The normalized spacial score (nSPS) is 20.4. The van der Waals surface area contributed by atoms with Gasteiger partial charge in [0.05, 0.1) is 6.61 Å². The first-order chi connectivity index (χ1) is 12.0. The Morgan fingerprint density at radius 3 is 2.56 bits per heavy atom. The van der Waals surface area contributed by atoms with Gasteiger partial charge in [-0.15, -0.1) is 0 Å². The van der Waals surface area contributed by atoms with Crippen molar-refractivity contribution in [3.8, 4) is 5.75 Å². The molecule has 0 bridgehead atoms. The molecule has 5 nitrogen and oxygen atoms in total. The number of carbonyl (C=O) groups is 2. The minimum absolute atomic E-state index is 0.0100. The van der Waals surface area contributed by atoms with Crippen LogP contribution in [0.15, 0.2) is 24.3 Å². The van der Waals surface area contributed by atoms with Crippen LogP contribution in [0.4, 0.5) is 0 Å². The lowest BCUT2D eigenvalue weighted by Crippen LogP contribution is -2.43. The monoisotopic (exact) mass is 344 g/mol. The molecule has 1 saturated heterocycles. The van der Waals surface area contributed by atoms with E-state index in [0.29, 0.717) is 24.1 Å². The quantitative estimate of drug-likeness (QED) is 0.863. The molecule has 1 aliphatic heterocycles. The van der Waals surface area contributed by atoms with Crippen LogP contribution in [-0.4, -0.2) is 42.5 Å². The van der Waals surface area contributed by atoms with Crippen LogP contribution >= 0.6 is 0 Å². The van der Waals surface area contributed by atoms with Crippen molar-refractivity contribution in [2.24, 2.45) is 11.8 Å². The molecule has 2 amide bonds. The molecule has 5 heteroatoms. The van der Waals surface area contributed by atoms with E-state index in [0.717, 1.165) is 44.5 Å². The van der Waals surface area contributed by atoms with Gasteiger partial charge in [-0.25, -0.2) is 0 Å². The third-order valence-corrected chi connectivity index (χ3v) is 4.84. The number of nitrogens with zero attached hydrogens (tertiary/aromatic N) is 1. The number of nitrogens with one attached hydrogen (secondary N) is 1. The van der Waals surface area contributed by atoms with E-state index in [4.69, 9.17) is 4.74 Å². The summed E-state index contributed by atoms with van der Waals surface area (Å²) in [6, 6.07) is 7.68. The first kappa shape index (κ1) is 17.8. The molecule has 3 rings (SSSR count). The van der Waals surface area contributed by atoms with Crippen LogP contribution in [-0.2, 0) is 4.79 Å². The fourth-order valence-electron chi connectivity index (χ4n) is 3.18. The van der Waals surface area contributed by atoms with Crippen molar-refractivity contribution >= 4 is 11.8 Å². The third kappa shape index (κ3) is 4.97. The Morgan fingerprint density at radius 2 is 1.92 bits per heavy atom. The Balaban J connectivity index is 1.47. The summed E-state index contributed by atoms with van der Waals surface area (Å²) in [5.74, 6) is 1.42. The first-order valence-corrected chi connectivity index (χ1v) is 9.35. The summed E-state index contributed by atoms with van der Waals surface area (Å²) in [6.07, 6.45) is 4.30. The van der Waals surface area contributed by atoms with Gasteiger partial charge in [0.1, 0.15) is 5.75 Å². The standard InChI is InChI=1S/C20H28N2O3/c1-14(2)20(24)22-11-3-4-15(12-22)13-25-18-9-5-16(6-10-18)19(23)21-17-7-8-17/h5-6,9-10,14-15,17H,3-4,7-8,11-13H2,1-2H3,(H,21,23)/t15-/m1/s1. The molecule has 1 saturated carbocycles. The highest BCUT2D eigenvalue weighted by Crippen LogP contribution is 2.22. The van der Waals surface area contributed by atoms with Gasteiger partial charge in [-0.3, -0.25) is 9.59 Å². The predicted molar refractivity (Wildman–Crippen MR) is 96.6 cm³/mol. The number of piperidine rings is 1. The van der Waals surface area contributed by atoms with Gasteiger partial charge >= 0.3 is 0 Å². The molecule has 1 atom stereocenters. The van der Waals surface area contributed by atoms with Gasteiger partial charge in [0.15, 0.2) is 0 Å². The second-order valence-electron chi connectivity index (χ2n) is 7.53. The average molecular weight is 344 g/mol. The van der Waals surface area contributed by atoms with Crippen LogP contribution in [0, 0.1) is 11.8 Å². The lowest BCUT2D eigenvalue weighted by Gasteiger charge is -2.33. The molecule has 2 aliphatic rings. The van der Waals surface area contributed by atoms with Crippen LogP contribution in [0.25, 0.3) is 0 Å².